The molecule has 6 heteroatoms. The molecule has 4 rings (SSSR count). The van der Waals surface area contributed by atoms with Crippen molar-refractivity contribution < 1.29 is 14.3 Å². The maximum absolute atomic E-state index is 13.1. The molecule has 1 N–H and O–H groups in total. The van der Waals surface area contributed by atoms with Crippen molar-refractivity contribution in [1.29, 1.82) is 0 Å². The summed E-state index contributed by atoms with van der Waals surface area (Å²) < 4.78 is 4.81. The minimum absolute atomic E-state index is 0.171. The largest absolute Gasteiger partial charge is 0.465 e. The van der Waals surface area contributed by atoms with Crippen LogP contribution in [-0.2, 0) is 16.1 Å². The van der Waals surface area contributed by atoms with Crippen molar-refractivity contribution in [2.75, 3.05) is 19.5 Å². The van der Waals surface area contributed by atoms with Crippen molar-refractivity contribution in [2.45, 2.75) is 32.4 Å². The summed E-state index contributed by atoms with van der Waals surface area (Å²) in [5.41, 5.74) is 5.30. The van der Waals surface area contributed by atoms with Gasteiger partial charge in [0, 0.05) is 18.3 Å². The van der Waals surface area contributed by atoms with E-state index in [1.54, 1.807) is 18.2 Å². The number of nitrogens with zero attached hydrogens (tertiary/aromatic N) is 2. The van der Waals surface area contributed by atoms with Crippen LogP contribution >= 0.6 is 0 Å². The van der Waals surface area contributed by atoms with Crippen molar-refractivity contribution in [3.8, 4) is 0 Å². The van der Waals surface area contributed by atoms with Crippen LogP contribution < -0.4 is 5.32 Å². The zero-order chi connectivity index (χ0) is 24.2. The SMILES string of the molecule is COC(=O)c1ccc2c(c1)NC(=O)C2C(=Nc1ccc(CN(C)C(C)C)cc1)c1ccccc1. The van der Waals surface area contributed by atoms with Crippen LogP contribution in [0.4, 0.5) is 11.4 Å². The minimum Gasteiger partial charge on any atom is -0.465 e. The Morgan fingerprint density at radius 3 is 2.38 bits per heavy atom. The van der Waals surface area contributed by atoms with Crippen molar-refractivity contribution in [2.24, 2.45) is 4.99 Å². The zero-order valence-corrected chi connectivity index (χ0v) is 19.9. The molecule has 0 spiro atoms. The monoisotopic (exact) mass is 455 g/mol. The summed E-state index contributed by atoms with van der Waals surface area (Å²) in [6, 6.07) is 23.4. The Hall–Kier alpha value is -3.77. The summed E-state index contributed by atoms with van der Waals surface area (Å²) in [4.78, 5) is 32.3. The average Bonchev–Trinajstić information content (AvgIpc) is 3.18. The standard InChI is InChI=1S/C28H29N3O3/c1-18(2)31(3)17-19-10-13-22(14-11-19)29-26(20-8-6-5-7-9-20)25-23-15-12-21(28(33)34-4)16-24(23)30-27(25)32/h5-16,18,25H,17H2,1-4H3,(H,30,32). The number of benzene rings is 3. The summed E-state index contributed by atoms with van der Waals surface area (Å²) in [5.74, 6) is -1.20. The molecule has 1 heterocycles. The highest BCUT2D eigenvalue weighted by molar-refractivity contribution is 6.24. The highest BCUT2D eigenvalue weighted by Crippen LogP contribution is 2.37. The first-order valence-electron chi connectivity index (χ1n) is 11.3. The molecule has 0 aromatic heterocycles. The number of anilines is 1. The molecular formula is C28H29N3O3. The Bertz CT molecular complexity index is 1220. The van der Waals surface area contributed by atoms with Gasteiger partial charge in [0.25, 0.3) is 0 Å². The highest BCUT2D eigenvalue weighted by atomic mass is 16.5. The molecule has 0 aliphatic carbocycles. The van der Waals surface area contributed by atoms with Crippen molar-refractivity contribution in [3.05, 3.63) is 95.1 Å². The normalized spacial score (nSPS) is 15.4. The van der Waals surface area contributed by atoms with E-state index in [9.17, 15) is 9.59 Å². The topological polar surface area (TPSA) is 71.0 Å². The number of esters is 1. The van der Waals surface area contributed by atoms with Gasteiger partial charge in [0.15, 0.2) is 0 Å². The quantitative estimate of drug-likeness (QED) is 0.394. The molecule has 1 unspecified atom stereocenters. The summed E-state index contributed by atoms with van der Waals surface area (Å²) in [5, 5.41) is 2.91. The van der Waals surface area contributed by atoms with E-state index in [1.807, 2.05) is 42.5 Å². The van der Waals surface area contributed by atoms with Crippen molar-refractivity contribution >= 4 is 29.0 Å². The average molecular weight is 456 g/mol. The molecule has 1 aliphatic rings. The van der Waals surface area contributed by atoms with E-state index < -0.39 is 11.9 Å². The third-order valence-corrected chi connectivity index (χ3v) is 6.15. The molecule has 0 radical (unpaired) electrons. The lowest BCUT2D eigenvalue weighted by Crippen LogP contribution is -2.25. The lowest BCUT2D eigenvalue weighted by Gasteiger charge is -2.21. The van der Waals surface area contributed by atoms with Gasteiger partial charge in [-0.3, -0.25) is 14.7 Å². The predicted molar refractivity (Wildman–Crippen MR) is 135 cm³/mol. The summed E-state index contributed by atoms with van der Waals surface area (Å²) >= 11 is 0. The number of fused-ring (bicyclic) bond motifs is 1. The van der Waals surface area contributed by atoms with Gasteiger partial charge >= 0.3 is 5.97 Å². The number of nitrogens with one attached hydrogen (secondary N) is 1. The lowest BCUT2D eigenvalue weighted by atomic mass is 9.90. The van der Waals surface area contributed by atoms with Gasteiger partial charge in [0.05, 0.1) is 24.1 Å². The molecule has 0 saturated carbocycles. The molecule has 0 saturated heterocycles. The first-order valence-corrected chi connectivity index (χ1v) is 11.3. The molecule has 0 bridgehead atoms. The number of hydrogen-bond donors (Lipinski definition) is 1. The van der Waals surface area contributed by atoms with Gasteiger partial charge in [-0.2, -0.15) is 0 Å². The third-order valence-electron chi connectivity index (χ3n) is 6.15. The molecule has 3 aromatic carbocycles. The lowest BCUT2D eigenvalue weighted by molar-refractivity contribution is -0.115. The maximum Gasteiger partial charge on any atom is 0.337 e. The molecule has 34 heavy (non-hydrogen) atoms. The zero-order valence-electron chi connectivity index (χ0n) is 19.9. The fourth-order valence-electron chi connectivity index (χ4n) is 3.97. The van der Waals surface area contributed by atoms with Gasteiger partial charge in [-0.1, -0.05) is 48.5 Å². The fraction of sp³-hybridized carbons (Fsp3) is 0.250. The van der Waals surface area contributed by atoms with Gasteiger partial charge in [-0.05, 0) is 61.9 Å². The smallest absolute Gasteiger partial charge is 0.337 e. The minimum atomic E-state index is -0.587. The second-order valence-corrected chi connectivity index (χ2v) is 8.75. The Labute approximate surface area is 200 Å². The molecule has 0 fully saturated rings. The van der Waals surface area contributed by atoms with Crippen LogP contribution in [-0.4, -0.2) is 42.7 Å². The number of carbonyl (C=O) groups excluding carboxylic acids is 2. The first-order chi connectivity index (χ1) is 16.4. The van der Waals surface area contributed by atoms with Gasteiger partial charge in [0.2, 0.25) is 5.91 Å². The Kier molecular flexibility index (Phi) is 6.89. The van der Waals surface area contributed by atoms with E-state index in [0.717, 1.165) is 23.4 Å². The molecule has 1 amide bonds. The van der Waals surface area contributed by atoms with Crippen molar-refractivity contribution in [3.63, 3.8) is 0 Å². The molecule has 1 aliphatic heterocycles. The third kappa shape index (κ3) is 4.92. The predicted octanol–water partition coefficient (Wildman–Crippen LogP) is 5.17. The summed E-state index contributed by atoms with van der Waals surface area (Å²) in [6.45, 7) is 5.20. The fourth-order valence-corrected chi connectivity index (χ4v) is 3.97. The second kappa shape index (κ2) is 10.0. The number of amides is 1. The van der Waals surface area contributed by atoms with Gasteiger partial charge < -0.3 is 10.1 Å². The van der Waals surface area contributed by atoms with Crippen LogP contribution in [0.3, 0.4) is 0 Å². The maximum atomic E-state index is 13.1. The number of aliphatic imine (C=N–C) groups is 1. The van der Waals surface area contributed by atoms with E-state index >= 15 is 0 Å². The van der Waals surface area contributed by atoms with Crippen LogP contribution in [0.15, 0.2) is 77.8 Å². The molecule has 1 atom stereocenters. The Morgan fingerprint density at radius 2 is 1.74 bits per heavy atom. The van der Waals surface area contributed by atoms with E-state index in [-0.39, 0.29) is 5.91 Å². The molecule has 3 aromatic rings. The Morgan fingerprint density at radius 1 is 1.03 bits per heavy atom. The van der Waals surface area contributed by atoms with E-state index in [4.69, 9.17) is 9.73 Å². The number of carbonyl (C=O) groups is 2. The van der Waals surface area contributed by atoms with Crippen LogP contribution in [0.2, 0.25) is 0 Å². The van der Waals surface area contributed by atoms with Gasteiger partial charge in [-0.15, -0.1) is 0 Å². The molecule has 6 nitrogen and oxygen atoms in total. The van der Waals surface area contributed by atoms with Gasteiger partial charge in [-0.25, -0.2) is 4.79 Å². The summed E-state index contributed by atoms with van der Waals surface area (Å²) in [7, 11) is 3.44. The second-order valence-electron chi connectivity index (χ2n) is 8.75. The van der Waals surface area contributed by atoms with Crippen LogP contribution in [0.25, 0.3) is 0 Å². The van der Waals surface area contributed by atoms with Crippen LogP contribution in [0.1, 0.15) is 46.8 Å². The Balaban J connectivity index is 1.72. The molecular weight excluding hydrogens is 426 g/mol. The number of rotatable bonds is 7. The van der Waals surface area contributed by atoms with Crippen LogP contribution in [0.5, 0.6) is 0 Å². The van der Waals surface area contributed by atoms with E-state index in [1.165, 1.54) is 12.7 Å². The summed E-state index contributed by atoms with van der Waals surface area (Å²) in [6.07, 6.45) is 0. The number of ether oxygens (including phenoxy) is 1. The van der Waals surface area contributed by atoms with Crippen molar-refractivity contribution in [1.82, 2.24) is 4.90 Å². The number of methoxy groups -OCH3 is 1. The first kappa shape index (κ1) is 23.4. The number of hydrogen-bond acceptors (Lipinski definition) is 5. The van der Waals surface area contributed by atoms with E-state index in [2.05, 4.69) is 43.2 Å². The molecule has 174 valence electrons. The van der Waals surface area contributed by atoms with Crippen LogP contribution in [0, 0.1) is 0 Å². The van der Waals surface area contributed by atoms with Gasteiger partial charge in [0.1, 0.15) is 5.92 Å². The highest BCUT2D eigenvalue weighted by Gasteiger charge is 2.36. The van der Waals surface area contributed by atoms with E-state index in [0.29, 0.717) is 23.0 Å².